The minimum absolute atomic E-state index is 0. The summed E-state index contributed by atoms with van der Waals surface area (Å²) in [7, 11) is 1.59. The normalized spacial score (nSPS) is 24.7. The quantitative estimate of drug-likeness (QED) is 0.718. The zero-order valence-electron chi connectivity index (χ0n) is 9.86. The van der Waals surface area contributed by atoms with Crippen molar-refractivity contribution in [2.75, 3.05) is 25.6 Å². The van der Waals surface area contributed by atoms with Gasteiger partial charge >= 0.3 is 6.03 Å². The number of amides is 2. The standard InChI is InChI=1S/C10H14N4O2S.ClH/c1-11-9(15)14-10-13-6-2-5-3-16-4-7(12-5)8(6)17-10;/h5,7,12H,2-4H2,1H3,(H2,11,13,14,15);1H. The Balaban J connectivity index is 0.00000120. The maximum Gasteiger partial charge on any atom is 0.320 e. The van der Waals surface area contributed by atoms with Gasteiger partial charge in [-0.05, 0) is 0 Å². The number of carbonyl (C=O) groups is 1. The van der Waals surface area contributed by atoms with Crippen molar-refractivity contribution >= 4 is 34.9 Å². The first-order valence-corrected chi connectivity index (χ1v) is 6.40. The summed E-state index contributed by atoms with van der Waals surface area (Å²) in [6, 6.07) is 0.356. The van der Waals surface area contributed by atoms with E-state index < -0.39 is 0 Å². The summed E-state index contributed by atoms with van der Waals surface area (Å²) in [6.07, 6.45) is 0.873. The first-order valence-electron chi connectivity index (χ1n) is 5.58. The van der Waals surface area contributed by atoms with Gasteiger partial charge in [-0.1, -0.05) is 11.3 Å². The van der Waals surface area contributed by atoms with Gasteiger partial charge in [0.1, 0.15) is 0 Å². The molecule has 0 aromatic carbocycles. The number of halogens is 1. The van der Waals surface area contributed by atoms with Crippen LogP contribution in [-0.2, 0) is 11.2 Å². The van der Waals surface area contributed by atoms with Crippen molar-refractivity contribution in [1.29, 1.82) is 0 Å². The Morgan fingerprint density at radius 2 is 2.39 bits per heavy atom. The van der Waals surface area contributed by atoms with Crippen LogP contribution in [0, 0.1) is 0 Å². The molecule has 1 fully saturated rings. The zero-order chi connectivity index (χ0) is 11.8. The molecule has 0 spiro atoms. The molecule has 18 heavy (non-hydrogen) atoms. The molecule has 0 aliphatic carbocycles. The molecule has 6 nitrogen and oxygen atoms in total. The Bertz CT molecular complexity index is 453. The average molecular weight is 291 g/mol. The fraction of sp³-hybridized carbons (Fsp3) is 0.600. The number of thiazole rings is 1. The monoisotopic (exact) mass is 290 g/mol. The van der Waals surface area contributed by atoms with Crippen molar-refractivity contribution in [2.24, 2.45) is 0 Å². The van der Waals surface area contributed by atoms with Crippen molar-refractivity contribution in [1.82, 2.24) is 15.6 Å². The summed E-state index contributed by atoms with van der Waals surface area (Å²) in [6.45, 7) is 1.43. The Labute approximate surface area is 115 Å². The lowest BCUT2D eigenvalue weighted by Crippen LogP contribution is -2.48. The molecular weight excluding hydrogens is 276 g/mol. The number of nitrogens with zero attached hydrogens (tertiary/aromatic N) is 1. The van der Waals surface area contributed by atoms with E-state index in [9.17, 15) is 4.79 Å². The predicted octanol–water partition coefficient (Wildman–Crippen LogP) is 0.902. The molecule has 3 rings (SSSR count). The van der Waals surface area contributed by atoms with Crippen LogP contribution in [0.3, 0.4) is 0 Å². The van der Waals surface area contributed by atoms with E-state index in [1.54, 1.807) is 7.05 Å². The number of fused-ring (bicyclic) bond motifs is 4. The van der Waals surface area contributed by atoms with Gasteiger partial charge in [0, 0.05) is 24.4 Å². The summed E-state index contributed by atoms with van der Waals surface area (Å²) in [5, 5.41) is 9.40. The van der Waals surface area contributed by atoms with Gasteiger partial charge < -0.3 is 15.4 Å². The van der Waals surface area contributed by atoms with E-state index in [4.69, 9.17) is 4.74 Å². The summed E-state index contributed by atoms with van der Waals surface area (Å²) in [5.41, 5.74) is 1.10. The van der Waals surface area contributed by atoms with Crippen molar-refractivity contribution in [3.63, 3.8) is 0 Å². The third-order valence-electron chi connectivity index (χ3n) is 2.97. The van der Waals surface area contributed by atoms with E-state index in [0.29, 0.717) is 17.8 Å². The molecule has 2 aliphatic rings. The second kappa shape index (κ2) is 5.40. The SMILES string of the molecule is CNC(=O)Nc1nc2c(s1)C1COCC(C2)N1.Cl. The number of anilines is 1. The van der Waals surface area contributed by atoms with E-state index in [2.05, 4.69) is 20.9 Å². The van der Waals surface area contributed by atoms with E-state index in [0.717, 1.165) is 18.7 Å². The number of hydrogen-bond acceptors (Lipinski definition) is 5. The largest absolute Gasteiger partial charge is 0.378 e. The van der Waals surface area contributed by atoms with E-state index >= 15 is 0 Å². The molecule has 2 amide bonds. The average Bonchev–Trinajstić information content (AvgIpc) is 2.72. The second-order valence-electron chi connectivity index (χ2n) is 4.19. The molecule has 2 atom stereocenters. The fourth-order valence-corrected chi connectivity index (χ4v) is 3.24. The van der Waals surface area contributed by atoms with Gasteiger partial charge in [-0.2, -0.15) is 0 Å². The molecule has 0 radical (unpaired) electrons. The Morgan fingerprint density at radius 3 is 3.17 bits per heavy atom. The molecule has 2 unspecified atom stereocenters. The van der Waals surface area contributed by atoms with Crippen LogP contribution in [0.15, 0.2) is 0 Å². The van der Waals surface area contributed by atoms with Gasteiger partial charge in [0.05, 0.1) is 24.9 Å². The van der Waals surface area contributed by atoms with Gasteiger partial charge in [-0.25, -0.2) is 9.78 Å². The molecule has 3 N–H and O–H groups in total. The number of hydrogen-bond donors (Lipinski definition) is 3. The molecule has 1 aromatic rings. The zero-order valence-corrected chi connectivity index (χ0v) is 11.5. The number of nitrogens with one attached hydrogen (secondary N) is 3. The van der Waals surface area contributed by atoms with Gasteiger partial charge in [0.25, 0.3) is 0 Å². The lowest BCUT2D eigenvalue weighted by Gasteiger charge is -2.34. The first kappa shape index (κ1) is 13.5. The van der Waals surface area contributed by atoms with E-state index in [-0.39, 0.29) is 24.5 Å². The number of aromatic nitrogens is 1. The van der Waals surface area contributed by atoms with Gasteiger partial charge in [-0.3, -0.25) is 5.32 Å². The molecule has 100 valence electrons. The number of carbonyl (C=O) groups excluding carboxylic acids is 1. The molecular formula is C10H15ClN4O2S. The van der Waals surface area contributed by atoms with Crippen LogP contribution >= 0.6 is 23.7 Å². The Hall–Kier alpha value is -0.890. The molecule has 1 aromatic heterocycles. The number of rotatable bonds is 1. The fourth-order valence-electron chi connectivity index (χ4n) is 2.21. The van der Waals surface area contributed by atoms with Crippen LogP contribution < -0.4 is 16.0 Å². The lowest BCUT2D eigenvalue weighted by atomic mass is 10.0. The highest BCUT2D eigenvalue weighted by atomic mass is 35.5. The van der Waals surface area contributed by atoms with E-state index in [1.807, 2.05) is 0 Å². The van der Waals surface area contributed by atoms with Gasteiger partial charge in [0.15, 0.2) is 5.13 Å². The maximum atomic E-state index is 11.2. The highest BCUT2D eigenvalue weighted by molar-refractivity contribution is 7.16. The molecule has 2 aliphatic heterocycles. The van der Waals surface area contributed by atoms with E-state index in [1.165, 1.54) is 16.2 Å². The number of ether oxygens (including phenoxy) is 1. The molecule has 1 saturated heterocycles. The van der Waals surface area contributed by atoms with Crippen molar-refractivity contribution in [3.8, 4) is 0 Å². The van der Waals surface area contributed by atoms with Crippen molar-refractivity contribution in [3.05, 3.63) is 10.6 Å². The Morgan fingerprint density at radius 1 is 1.56 bits per heavy atom. The van der Waals surface area contributed by atoms with Gasteiger partial charge in [-0.15, -0.1) is 12.4 Å². The Kier molecular flexibility index (Phi) is 4.06. The minimum Gasteiger partial charge on any atom is -0.378 e. The van der Waals surface area contributed by atoms with Crippen molar-refractivity contribution in [2.45, 2.75) is 18.5 Å². The third kappa shape index (κ3) is 2.44. The summed E-state index contributed by atoms with van der Waals surface area (Å²) >= 11 is 1.52. The van der Waals surface area contributed by atoms with Gasteiger partial charge in [0.2, 0.25) is 0 Å². The lowest BCUT2D eigenvalue weighted by molar-refractivity contribution is 0.0395. The van der Waals surface area contributed by atoms with Crippen LogP contribution in [0.25, 0.3) is 0 Å². The molecule has 8 heteroatoms. The summed E-state index contributed by atoms with van der Waals surface area (Å²) < 4.78 is 5.52. The highest BCUT2D eigenvalue weighted by Gasteiger charge is 2.33. The second-order valence-corrected chi connectivity index (χ2v) is 5.22. The summed E-state index contributed by atoms with van der Waals surface area (Å²) in [4.78, 5) is 16.9. The topological polar surface area (TPSA) is 75.3 Å². The predicted molar refractivity (Wildman–Crippen MR) is 71.6 cm³/mol. The third-order valence-corrected chi connectivity index (χ3v) is 4.10. The highest BCUT2D eigenvalue weighted by Crippen LogP contribution is 2.35. The number of morpholine rings is 1. The van der Waals surface area contributed by atoms with Crippen LogP contribution in [-0.4, -0.2) is 37.3 Å². The molecule has 3 heterocycles. The maximum absolute atomic E-state index is 11.2. The van der Waals surface area contributed by atoms with Crippen LogP contribution in [0.5, 0.6) is 0 Å². The smallest absolute Gasteiger partial charge is 0.320 e. The minimum atomic E-state index is -0.233. The first-order chi connectivity index (χ1) is 8.26. The van der Waals surface area contributed by atoms with Crippen LogP contribution in [0.2, 0.25) is 0 Å². The van der Waals surface area contributed by atoms with Crippen LogP contribution in [0.1, 0.15) is 16.6 Å². The summed E-state index contributed by atoms with van der Waals surface area (Å²) in [5.74, 6) is 0. The number of urea groups is 1. The molecule has 0 saturated carbocycles. The van der Waals surface area contributed by atoms with Crippen molar-refractivity contribution < 1.29 is 9.53 Å². The van der Waals surface area contributed by atoms with Crippen LogP contribution in [0.4, 0.5) is 9.93 Å². The molecule has 2 bridgehead atoms.